The van der Waals surface area contributed by atoms with Crippen molar-refractivity contribution in [3.05, 3.63) is 46.6 Å². The summed E-state index contributed by atoms with van der Waals surface area (Å²) in [7, 11) is 0. The topological polar surface area (TPSA) is 42.2 Å². The fraction of sp³-hybridized carbons (Fsp3) is 0.154. The van der Waals surface area contributed by atoms with Crippen LogP contribution >= 0.6 is 15.9 Å². The summed E-state index contributed by atoms with van der Waals surface area (Å²) >= 11 is 3.30. The van der Waals surface area contributed by atoms with Gasteiger partial charge < -0.3 is 9.73 Å². The van der Waals surface area contributed by atoms with Gasteiger partial charge in [-0.05, 0) is 24.3 Å². The van der Waals surface area contributed by atoms with E-state index in [9.17, 15) is 18.0 Å². The van der Waals surface area contributed by atoms with Crippen molar-refractivity contribution in [2.45, 2.75) is 12.7 Å². The molecule has 2 aromatic rings. The van der Waals surface area contributed by atoms with Gasteiger partial charge in [-0.3, -0.25) is 4.79 Å². The lowest BCUT2D eigenvalue weighted by Gasteiger charge is -2.05. The number of nitrogens with one attached hydrogen (secondary N) is 1. The van der Waals surface area contributed by atoms with E-state index in [1.54, 1.807) is 23.5 Å². The summed E-state index contributed by atoms with van der Waals surface area (Å²) in [4.78, 5) is 10.7. The number of alkyl halides is 3. The first-order valence-corrected chi connectivity index (χ1v) is 6.35. The van der Waals surface area contributed by atoms with Crippen LogP contribution in [0.3, 0.4) is 0 Å². The standard InChI is InChI=1S/C13H9BrF3NO2/c14-9-3-1-8(2-4-9)11-6-5-10(20-11)7-18-12(19)13(15,16)17/h1-6H,7H2,(H,18,19). The van der Waals surface area contributed by atoms with Gasteiger partial charge in [-0.1, -0.05) is 28.1 Å². The zero-order valence-corrected chi connectivity index (χ0v) is 11.6. The number of carbonyl (C=O) groups excluding carboxylic acids is 1. The summed E-state index contributed by atoms with van der Waals surface area (Å²) in [5.41, 5.74) is 0.793. The summed E-state index contributed by atoms with van der Waals surface area (Å²) in [5.74, 6) is -1.21. The van der Waals surface area contributed by atoms with Crippen LogP contribution in [0.25, 0.3) is 11.3 Å². The molecular weight excluding hydrogens is 339 g/mol. The van der Waals surface area contributed by atoms with Crippen LogP contribution in [-0.2, 0) is 11.3 Å². The summed E-state index contributed by atoms with van der Waals surface area (Å²) in [6.45, 7) is -0.311. The van der Waals surface area contributed by atoms with Crippen molar-refractivity contribution in [2.75, 3.05) is 0 Å². The molecule has 0 aliphatic carbocycles. The summed E-state index contributed by atoms with van der Waals surface area (Å²) in [6.07, 6.45) is -4.89. The van der Waals surface area contributed by atoms with E-state index in [2.05, 4.69) is 15.9 Å². The van der Waals surface area contributed by atoms with Crippen LogP contribution in [0.5, 0.6) is 0 Å². The maximum atomic E-state index is 12.0. The SMILES string of the molecule is O=C(NCc1ccc(-c2ccc(Br)cc2)o1)C(F)(F)F. The number of hydrogen-bond acceptors (Lipinski definition) is 2. The third-order valence-electron chi connectivity index (χ3n) is 2.47. The van der Waals surface area contributed by atoms with Gasteiger partial charge in [0.25, 0.3) is 0 Å². The Morgan fingerprint density at radius 1 is 1.15 bits per heavy atom. The third-order valence-corrected chi connectivity index (χ3v) is 3.00. The number of benzene rings is 1. The highest BCUT2D eigenvalue weighted by Crippen LogP contribution is 2.24. The fourth-order valence-electron chi connectivity index (χ4n) is 1.51. The van der Waals surface area contributed by atoms with E-state index < -0.39 is 12.1 Å². The van der Waals surface area contributed by atoms with Gasteiger partial charge in [0, 0.05) is 10.0 Å². The first-order valence-electron chi connectivity index (χ1n) is 5.56. The lowest BCUT2D eigenvalue weighted by molar-refractivity contribution is -0.173. The van der Waals surface area contributed by atoms with Gasteiger partial charge in [-0.2, -0.15) is 13.2 Å². The number of amides is 1. The van der Waals surface area contributed by atoms with Crippen molar-refractivity contribution < 1.29 is 22.4 Å². The van der Waals surface area contributed by atoms with Crippen molar-refractivity contribution in [2.24, 2.45) is 0 Å². The highest BCUT2D eigenvalue weighted by molar-refractivity contribution is 9.10. The van der Waals surface area contributed by atoms with Crippen molar-refractivity contribution in [3.8, 4) is 11.3 Å². The molecule has 0 unspecified atom stereocenters. The van der Waals surface area contributed by atoms with E-state index in [1.165, 1.54) is 6.07 Å². The van der Waals surface area contributed by atoms with E-state index in [0.29, 0.717) is 5.76 Å². The molecule has 0 bridgehead atoms. The molecular formula is C13H9BrF3NO2. The number of halogens is 4. The normalized spacial score (nSPS) is 11.4. The maximum absolute atomic E-state index is 12.0. The minimum absolute atomic E-state index is 0.250. The second-order valence-electron chi connectivity index (χ2n) is 3.95. The van der Waals surface area contributed by atoms with Gasteiger partial charge in [0.2, 0.25) is 0 Å². The lowest BCUT2D eigenvalue weighted by Crippen LogP contribution is -2.36. The van der Waals surface area contributed by atoms with E-state index in [0.717, 1.165) is 10.0 Å². The van der Waals surface area contributed by atoms with Crippen molar-refractivity contribution in [1.82, 2.24) is 5.32 Å². The van der Waals surface area contributed by atoms with Gasteiger partial charge in [0.05, 0.1) is 6.54 Å². The molecule has 7 heteroatoms. The van der Waals surface area contributed by atoms with Crippen molar-refractivity contribution in [3.63, 3.8) is 0 Å². The van der Waals surface area contributed by atoms with E-state index >= 15 is 0 Å². The van der Waals surface area contributed by atoms with Crippen LogP contribution in [0, 0.1) is 0 Å². The molecule has 20 heavy (non-hydrogen) atoms. The van der Waals surface area contributed by atoms with Gasteiger partial charge in [-0.15, -0.1) is 0 Å². The Labute approximate surface area is 120 Å². The highest BCUT2D eigenvalue weighted by Gasteiger charge is 2.38. The molecule has 2 rings (SSSR count). The van der Waals surface area contributed by atoms with E-state index in [1.807, 2.05) is 12.1 Å². The van der Waals surface area contributed by atoms with Crippen LogP contribution in [0.15, 0.2) is 45.3 Å². The lowest BCUT2D eigenvalue weighted by atomic mass is 10.2. The molecule has 0 atom stereocenters. The van der Waals surface area contributed by atoms with Crippen molar-refractivity contribution in [1.29, 1.82) is 0 Å². The Balaban J connectivity index is 2.03. The Morgan fingerprint density at radius 2 is 1.80 bits per heavy atom. The Bertz CT molecular complexity index is 605. The van der Waals surface area contributed by atoms with Crippen LogP contribution in [0.4, 0.5) is 13.2 Å². The molecule has 0 spiro atoms. The summed E-state index contributed by atoms with van der Waals surface area (Å²) in [5, 5.41) is 1.75. The molecule has 1 aromatic carbocycles. The van der Waals surface area contributed by atoms with Crippen LogP contribution in [0.1, 0.15) is 5.76 Å². The molecule has 0 aliphatic heterocycles. The molecule has 1 heterocycles. The average molecular weight is 348 g/mol. The Hall–Kier alpha value is -1.76. The van der Waals surface area contributed by atoms with E-state index in [4.69, 9.17) is 4.42 Å². The predicted octanol–water partition coefficient (Wildman–Crippen LogP) is 3.89. The molecule has 0 radical (unpaired) electrons. The summed E-state index contributed by atoms with van der Waals surface area (Å²) < 4.78 is 42.3. The van der Waals surface area contributed by atoms with E-state index in [-0.39, 0.29) is 12.3 Å². The third kappa shape index (κ3) is 3.63. The zero-order chi connectivity index (χ0) is 14.8. The van der Waals surface area contributed by atoms with Crippen molar-refractivity contribution >= 4 is 21.8 Å². The largest absolute Gasteiger partial charge is 0.471 e. The molecule has 0 saturated carbocycles. The molecule has 1 N–H and O–H groups in total. The minimum Gasteiger partial charge on any atom is -0.459 e. The number of hydrogen-bond donors (Lipinski definition) is 1. The molecule has 1 amide bonds. The van der Waals surface area contributed by atoms with Gasteiger partial charge in [0.15, 0.2) is 0 Å². The molecule has 0 saturated heterocycles. The number of rotatable bonds is 3. The van der Waals surface area contributed by atoms with Gasteiger partial charge >= 0.3 is 12.1 Å². The maximum Gasteiger partial charge on any atom is 0.471 e. The molecule has 106 valence electrons. The first kappa shape index (κ1) is 14.6. The van der Waals surface area contributed by atoms with Gasteiger partial charge in [-0.25, -0.2) is 0 Å². The van der Waals surface area contributed by atoms with Crippen LogP contribution in [0.2, 0.25) is 0 Å². The highest BCUT2D eigenvalue weighted by atomic mass is 79.9. The smallest absolute Gasteiger partial charge is 0.459 e. The second-order valence-corrected chi connectivity index (χ2v) is 4.87. The van der Waals surface area contributed by atoms with Crippen LogP contribution < -0.4 is 5.32 Å². The van der Waals surface area contributed by atoms with Crippen LogP contribution in [-0.4, -0.2) is 12.1 Å². The summed E-state index contributed by atoms with van der Waals surface area (Å²) in [6, 6.07) is 10.4. The predicted molar refractivity (Wildman–Crippen MR) is 69.7 cm³/mol. The quantitative estimate of drug-likeness (QED) is 0.915. The minimum atomic E-state index is -4.89. The average Bonchev–Trinajstić information content (AvgIpc) is 2.84. The Kier molecular flexibility index (Phi) is 4.17. The molecule has 0 aliphatic rings. The molecule has 3 nitrogen and oxygen atoms in total. The van der Waals surface area contributed by atoms with Gasteiger partial charge in [0.1, 0.15) is 11.5 Å². The Morgan fingerprint density at radius 3 is 2.40 bits per heavy atom. The monoisotopic (exact) mass is 347 g/mol. The zero-order valence-electron chi connectivity index (χ0n) is 10.00. The number of furan rings is 1. The second kappa shape index (κ2) is 5.70. The fourth-order valence-corrected chi connectivity index (χ4v) is 1.77. The molecule has 1 aromatic heterocycles. The molecule has 0 fully saturated rings. The number of carbonyl (C=O) groups is 1. The first-order chi connectivity index (χ1) is 9.36.